The second-order valence-corrected chi connectivity index (χ2v) is 9.66. The molecule has 1 aromatic heterocycles. The molecule has 0 N–H and O–H groups in total. The van der Waals surface area contributed by atoms with Gasteiger partial charge in [-0.05, 0) is 87.8 Å². The smallest absolute Gasteiger partial charge is 1.00 e. The number of pyridine rings is 1. The van der Waals surface area contributed by atoms with Crippen molar-refractivity contribution in [3.63, 3.8) is 0 Å². The summed E-state index contributed by atoms with van der Waals surface area (Å²) in [5, 5.41) is 0.639. The standard InChI is InChI=1S/C31H38ClN3.2ClH.Fe/c1-9-23-13-19(5)14-24(10-2)30(23)33-21(7)28-17-27(32)18-29(35-28)22(8)34-31-25(11-3)15-20(6)16-26(31)12-4;;;/h13-18H,9-12H2,1-8H3;2*1H;/q;;;+2/p-2. The van der Waals surface area contributed by atoms with Gasteiger partial charge in [-0.2, -0.15) is 0 Å². The van der Waals surface area contributed by atoms with E-state index < -0.39 is 0 Å². The zero-order valence-corrected chi connectivity index (χ0v) is 27.0. The average Bonchev–Trinajstić information content (AvgIpc) is 2.84. The number of hydrogen-bond donors (Lipinski definition) is 0. The first-order chi connectivity index (χ1) is 16.7. The van der Waals surface area contributed by atoms with Crippen LogP contribution in [0, 0.1) is 13.8 Å². The maximum Gasteiger partial charge on any atom is 2.00 e. The van der Waals surface area contributed by atoms with Gasteiger partial charge in [-0.15, -0.1) is 0 Å². The van der Waals surface area contributed by atoms with E-state index in [2.05, 4.69) is 65.8 Å². The van der Waals surface area contributed by atoms with Gasteiger partial charge in [-0.1, -0.05) is 74.7 Å². The van der Waals surface area contributed by atoms with E-state index in [0.29, 0.717) is 5.02 Å². The third kappa shape index (κ3) is 8.66. The van der Waals surface area contributed by atoms with Crippen molar-refractivity contribution in [2.24, 2.45) is 9.98 Å². The monoisotopic (exact) mass is 613 g/mol. The van der Waals surface area contributed by atoms with Gasteiger partial charge >= 0.3 is 17.1 Å². The first-order valence-corrected chi connectivity index (χ1v) is 13.1. The molecule has 3 rings (SSSR count). The quantitative estimate of drug-likeness (QED) is 0.284. The fraction of sp³-hybridized carbons (Fsp3) is 0.387. The summed E-state index contributed by atoms with van der Waals surface area (Å²) in [7, 11) is 0. The number of benzene rings is 2. The normalized spacial score (nSPS) is 11.4. The Morgan fingerprint density at radius 2 is 0.921 bits per heavy atom. The summed E-state index contributed by atoms with van der Waals surface area (Å²) in [5.74, 6) is 0. The molecular weight excluding hydrogens is 577 g/mol. The van der Waals surface area contributed by atoms with Crippen molar-refractivity contribution in [1.29, 1.82) is 0 Å². The fourth-order valence-corrected chi connectivity index (χ4v) is 4.76. The van der Waals surface area contributed by atoms with Gasteiger partial charge in [0.15, 0.2) is 0 Å². The Hall–Kier alpha value is -1.68. The van der Waals surface area contributed by atoms with Gasteiger partial charge in [-0.25, -0.2) is 4.98 Å². The third-order valence-electron chi connectivity index (χ3n) is 6.44. The summed E-state index contributed by atoms with van der Waals surface area (Å²) >= 11 is 6.57. The van der Waals surface area contributed by atoms with Gasteiger partial charge in [-0.3, -0.25) is 9.98 Å². The van der Waals surface area contributed by atoms with Crippen molar-refractivity contribution < 1.29 is 41.9 Å². The minimum Gasteiger partial charge on any atom is -1.00 e. The van der Waals surface area contributed by atoms with Crippen molar-refractivity contribution in [1.82, 2.24) is 4.98 Å². The molecule has 0 spiro atoms. The maximum atomic E-state index is 6.57. The summed E-state index contributed by atoms with van der Waals surface area (Å²) < 4.78 is 0. The van der Waals surface area contributed by atoms with Gasteiger partial charge in [0.2, 0.25) is 0 Å². The van der Waals surface area contributed by atoms with Crippen LogP contribution >= 0.6 is 11.6 Å². The number of halogens is 3. The average molecular weight is 615 g/mol. The predicted octanol–water partition coefficient (Wildman–Crippen LogP) is 2.89. The molecular formula is C31H38Cl3FeN3. The molecule has 38 heavy (non-hydrogen) atoms. The summed E-state index contributed by atoms with van der Waals surface area (Å²) in [6.07, 6.45) is 3.77. The molecule has 0 saturated carbocycles. The van der Waals surface area contributed by atoms with Gasteiger partial charge in [0, 0.05) is 5.02 Å². The van der Waals surface area contributed by atoms with E-state index in [4.69, 9.17) is 26.6 Å². The minimum absolute atomic E-state index is 0. The second-order valence-electron chi connectivity index (χ2n) is 9.23. The Bertz CT molecular complexity index is 1150. The number of aryl methyl sites for hydroxylation is 6. The SMILES string of the molecule is CCc1cc(C)cc(CC)c1N=C(C)c1cc(Cl)cc(C(C)=Nc2c(CC)cc(C)cc2CC)n1.[Cl-].[Cl-].[Fe+2]. The third-order valence-corrected chi connectivity index (χ3v) is 6.66. The molecule has 0 radical (unpaired) electrons. The van der Waals surface area contributed by atoms with Crippen LogP contribution in [0.25, 0.3) is 0 Å². The molecule has 0 atom stereocenters. The Morgan fingerprint density at radius 3 is 1.18 bits per heavy atom. The van der Waals surface area contributed by atoms with Gasteiger partial charge in [0.25, 0.3) is 0 Å². The summed E-state index contributed by atoms with van der Waals surface area (Å²) in [4.78, 5) is 15.1. The Labute approximate surface area is 257 Å². The largest absolute Gasteiger partial charge is 2.00 e. The molecule has 0 aliphatic heterocycles. The van der Waals surface area contributed by atoms with Crippen LogP contribution in [-0.4, -0.2) is 16.4 Å². The van der Waals surface area contributed by atoms with E-state index in [1.807, 2.05) is 26.0 Å². The van der Waals surface area contributed by atoms with Crippen molar-refractivity contribution >= 4 is 34.4 Å². The summed E-state index contributed by atoms with van der Waals surface area (Å²) in [6, 6.07) is 12.7. The molecule has 7 heteroatoms. The molecule has 3 aromatic rings. The first-order valence-electron chi connectivity index (χ1n) is 12.7. The molecule has 0 aliphatic carbocycles. The van der Waals surface area contributed by atoms with Crippen LogP contribution in [0.3, 0.4) is 0 Å². The maximum absolute atomic E-state index is 6.57. The zero-order valence-electron chi connectivity index (χ0n) is 23.6. The van der Waals surface area contributed by atoms with Crippen LogP contribution in [0.15, 0.2) is 46.4 Å². The first kappa shape index (κ1) is 36.3. The van der Waals surface area contributed by atoms with Gasteiger partial charge < -0.3 is 24.8 Å². The zero-order chi connectivity index (χ0) is 25.7. The van der Waals surface area contributed by atoms with Crippen LogP contribution in [0.4, 0.5) is 11.4 Å². The van der Waals surface area contributed by atoms with E-state index >= 15 is 0 Å². The molecule has 0 aliphatic rings. The van der Waals surface area contributed by atoms with E-state index in [-0.39, 0.29) is 41.9 Å². The fourth-order valence-electron chi connectivity index (χ4n) is 4.55. The molecule has 0 saturated heterocycles. The topological polar surface area (TPSA) is 37.6 Å². The van der Waals surface area contributed by atoms with Crippen molar-refractivity contribution in [3.8, 4) is 0 Å². The predicted molar refractivity (Wildman–Crippen MR) is 153 cm³/mol. The van der Waals surface area contributed by atoms with Crippen molar-refractivity contribution in [3.05, 3.63) is 86.2 Å². The number of aliphatic imine (C=N–C) groups is 2. The van der Waals surface area contributed by atoms with E-state index in [9.17, 15) is 0 Å². The number of hydrogen-bond acceptors (Lipinski definition) is 3. The van der Waals surface area contributed by atoms with Crippen LogP contribution < -0.4 is 24.8 Å². The Kier molecular flexibility index (Phi) is 15.7. The summed E-state index contributed by atoms with van der Waals surface area (Å²) in [6.45, 7) is 17.0. The van der Waals surface area contributed by atoms with E-state index in [1.165, 1.54) is 33.4 Å². The van der Waals surface area contributed by atoms with Crippen molar-refractivity contribution in [2.45, 2.75) is 81.1 Å². The Balaban J connectivity index is 0.00000456. The van der Waals surface area contributed by atoms with Gasteiger partial charge in [0.05, 0.1) is 34.2 Å². The molecule has 206 valence electrons. The number of nitrogens with zero attached hydrogens (tertiary/aromatic N) is 3. The Morgan fingerprint density at radius 1 is 0.632 bits per heavy atom. The van der Waals surface area contributed by atoms with Crippen LogP contribution in [0.1, 0.15) is 86.3 Å². The minimum atomic E-state index is 0. The van der Waals surface area contributed by atoms with E-state index in [0.717, 1.165) is 59.9 Å². The van der Waals surface area contributed by atoms with Crippen LogP contribution in [-0.2, 0) is 42.8 Å². The van der Waals surface area contributed by atoms with Crippen LogP contribution in [0.5, 0.6) is 0 Å². The molecule has 1 heterocycles. The molecule has 0 fully saturated rings. The van der Waals surface area contributed by atoms with Gasteiger partial charge in [0.1, 0.15) is 0 Å². The second kappa shape index (κ2) is 16.4. The number of rotatable bonds is 8. The molecule has 0 amide bonds. The molecule has 0 bridgehead atoms. The summed E-state index contributed by atoms with van der Waals surface area (Å²) in [5.41, 5.74) is 13.0. The van der Waals surface area contributed by atoms with Crippen LogP contribution in [0.2, 0.25) is 5.02 Å². The van der Waals surface area contributed by atoms with Crippen molar-refractivity contribution in [2.75, 3.05) is 0 Å². The molecule has 3 nitrogen and oxygen atoms in total. The molecule has 2 aromatic carbocycles. The number of aromatic nitrogens is 1. The molecule has 0 unspecified atom stereocenters. The van der Waals surface area contributed by atoms with E-state index in [1.54, 1.807) is 0 Å².